The van der Waals surface area contributed by atoms with Crippen molar-refractivity contribution < 1.29 is 67.8 Å². The fourth-order valence-electron chi connectivity index (χ4n) is 4.35. The second kappa shape index (κ2) is 54.7. The Balaban J connectivity index is -0.000000179. The summed E-state index contributed by atoms with van der Waals surface area (Å²) in [6, 6.07) is 9.14. The summed E-state index contributed by atoms with van der Waals surface area (Å²) < 4.78 is 25.4. The number of hydrogen-bond acceptors (Lipinski definition) is 12. The summed E-state index contributed by atoms with van der Waals surface area (Å²) in [7, 11) is 1.42. The topological polar surface area (TPSA) is 209 Å². The summed E-state index contributed by atoms with van der Waals surface area (Å²) in [6.45, 7) is 36.2. The number of rotatable bonds is 28. The first-order chi connectivity index (χ1) is 33.7. The van der Waals surface area contributed by atoms with Crippen molar-refractivity contribution >= 4 is 35.8 Å². The van der Waals surface area contributed by atoms with Gasteiger partial charge >= 0.3 is 35.8 Å². The first-order valence-electron chi connectivity index (χ1n) is 27.2. The summed E-state index contributed by atoms with van der Waals surface area (Å²) in [5, 5.41) is 25.0. The molecule has 14 nitrogen and oxygen atoms in total. The number of hydrogen-bond donors (Lipinski definition) is 3. The van der Waals surface area contributed by atoms with E-state index in [0.29, 0.717) is 24.9 Å². The van der Waals surface area contributed by atoms with E-state index >= 15 is 0 Å². The molecule has 0 radical (unpaired) electrons. The number of aliphatic hydroxyl groups excluding tert-OH is 1. The Morgan fingerprint density at radius 3 is 1.33 bits per heavy atom. The number of benzene rings is 1. The van der Waals surface area contributed by atoms with E-state index < -0.39 is 23.8 Å². The first-order valence-corrected chi connectivity index (χ1v) is 27.2. The molecule has 0 aliphatic rings. The Bertz CT molecular complexity index is 1400. The van der Waals surface area contributed by atoms with Crippen LogP contribution in [-0.2, 0) is 47.7 Å². The van der Waals surface area contributed by atoms with Gasteiger partial charge in [-0.15, -0.1) is 0 Å². The molecular formula is C58H110O14. The van der Waals surface area contributed by atoms with Crippen LogP contribution in [0.5, 0.6) is 5.75 Å². The van der Waals surface area contributed by atoms with Crippen LogP contribution in [0.3, 0.4) is 0 Å². The Labute approximate surface area is 439 Å². The molecule has 3 N–H and O–H groups in total. The number of para-hydroxylation sites is 1. The van der Waals surface area contributed by atoms with Crippen molar-refractivity contribution in [3.05, 3.63) is 30.3 Å². The van der Waals surface area contributed by atoms with Crippen molar-refractivity contribution in [2.75, 3.05) is 20.3 Å². The van der Waals surface area contributed by atoms with Crippen LogP contribution in [0.4, 0.5) is 0 Å². The van der Waals surface area contributed by atoms with Gasteiger partial charge in [-0.2, -0.15) is 0 Å². The zero-order valence-electron chi connectivity index (χ0n) is 49.2. The fraction of sp³-hybridized carbons (Fsp3) is 0.793. The second-order valence-corrected chi connectivity index (χ2v) is 18.8. The van der Waals surface area contributed by atoms with Crippen LogP contribution < -0.4 is 4.74 Å². The van der Waals surface area contributed by atoms with Gasteiger partial charge in [-0.3, -0.25) is 28.8 Å². The Kier molecular flexibility index (Phi) is 60.3. The predicted octanol–water partition coefficient (Wildman–Crippen LogP) is 14.5. The van der Waals surface area contributed by atoms with Crippen LogP contribution in [0.1, 0.15) is 234 Å². The van der Waals surface area contributed by atoms with Crippen molar-refractivity contribution in [3.8, 4) is 5.75 Å². The molecule has 0 bridgehead atoms. The molecule has 0 aromatic heterocycles. The number of carboxylic acid groups (broad SMARTS) is 2. The zero-order valence-corrected chi connectivity index (χ0v) is 49.2. The van der Waals surface area contributed by atoms with Crippen LogP contribution in [0.25, 0.3) is 0 Å². The average molecular weight is 1030 g/mol. The Morgan fingerprint density at radius 2 is 0.986 bits per heavy atom. The monoisotopic (exact) mass is 1030 g/mol. The largest absolute Gasteiger partial charge is 0.481 e. The molecule has 72 heavy (non-hydrogen) atoms. The predicted molar refractivity (Wildman–Crippen MR) is 293 cm³/mol. The number of carboxylic acids is 2. The second-order valence-electron chi connectivity index (χ2n) is 18.8. The van der Waals surface area contributed by atoms with Gasteiger partial charge < -0.3 is 39.0 Å². The summed E-state index contributed by atoms with van der Waals surface area (Å²) >= 11 is 0. The van der Waals surface area contributed by atoms with Crippen LogP contribution in [0, 0.1) is 29.1 Å². The van der Waals surface area contributed by atoms with Gasteiger partial charge in [0.25, 0.3) is 0 Å². The van der Waals surface area contributed by atoms with E-state index in [2.05, 4.69) is 39.4 Å². The third-order valence-electron chi connectivity index (χ3n) is 11.6. The highest BCUT2D eigenvalue weighted by atomic mass is 16.5. The highest BCUT2D eigenvalue weighted by Gasteiger charge is 2.26. The molecule has 0 saturated carbocycles. The van der Waals surface area contributed by atoms with E-state index in [1.165, 1.54) is 65.9 Å². The molecule has 0 aliphatic carbocycles. The van der Waals surface area contributed by atoms with E-state index in [1.54, 1.807) is 19.1 Å². The quantitative estimate of drug-likeness (QED) is 0.0309. The van der Waals surface area contributed by atoms with Crippen LogP contribution in [0.2, 0.25) is 0 Å². The standard InChI is InChI=1S/C11H14O2.C11H22O2.C10H22O.C9H18O2.C7H14O2.C6H10O4.C4H10O/c1-3-9(2)11(12)13-10-7-5-4-6-8-10;1-4-6-7-8-9-13-11(12)10(3)5-2;1-4-6-7-8-9-11-10(3)5-2;1-4-6-7-9(10)11-8(3)5-2;1-5-7(2,3)6(8)9-4;1-3(5(7)8)4(2)6(9)10;1-3-4(2)5/h4-9H,3H2,1-2H3;10H,4-9H2,1-3H3;10H,4-9H2,1-3H3;8H,4-7H2,1-3H3;5H2,1-4H3;3-4H,1-2H3,(H,7,8)(H,9,10);4-5H,3H2,1-2H3. The van der Waals surface area contributed by atoms with Crippen molar-refractivity contribution in [1.82, 2.24) is 0 Å². The van der Waals surface area contributed by atoms with Gasteiger partial charge in [0.2, 0.25) is 0 Å². The van der Waals surface area contributed by atoms with E-state index in [1.807, 2.05) is 87.4 Å². The van der Waals surface area contributed by atoms with Gasteiger partial charge in [-0.05, 0) is 105 Å². The molecule has 0 spiro atoms. The van der Waals surface area contributed by atoms with Gasteiger partial charge in [0.15, 0.2) is 0 Å². The number of ether oxygens (including phenoxy) is 5. The van der Waals surface area contributed by atoms with Gasteiger partial charge in [-0.1, -0.05) is 153 Å². The molecule has 1 rings (SSSR count). The third-order valence-corrected chi connectivity index (χ3v) is 11.6. The number of aliphatic hydroxyl groups is 1. The van der Waals surface area contributed by atoms with Crippen LogP contribution in [0.15, 0.2) is 30.3 Å². The summed E-state index contributed by atoms with van der Waals surface area (Å²) in [4.78, 5) is 64.7. The smallest absolute Gasteiger partial charge is 0.314 e. The van der Waals surface area contributed by atoms with Crippen molar-refractivity contribution in [2.45, 2.75) is 252 Å². The zero-order chi connectivity index (χ0) is 57.1. The molecule has 426 valence electrons. The minimum Gasteiger partial charge on any atom is -0.481 e. The van der Waals surface area contributed by atoms with Crippen LogP contribution in [-0.4, -0.2) is 89.8 Å². The molecular weight excluding hydrogens is 921 g/mol. The maximum absolute atomic E-state index is 11.3. The van der Waals surface area contributed by atoms with Gasteiger partial charge in [0.1, 0.15) is 5.75 Å². The van der Waals surface area contributed by atoms with Crippen molar-refractivity contribution in [3.63, 3.8) is 0 Å². The summed E-state index contributed by atoms with van der Waals surface area (Å²) in [5.41, 5.74) is -0.311. The lowest BCUT2D eigenvalue weighted by atomic mass is 9.91. The van der Waals surface area contributed by atoms with E-state index in [9.17, 15) is 28.8 Å². The molecule has 0 fully saturated rings. The van der Waals surface area contributed by atoms with Crippen molar-refractivity contribution in [2.24, 2.45) is 29.1 Å². The summed E-state index contributed by atoms with van der Waals surface area (Å²) in [5.74, 6) is -3.53. The molecule has 0 aliphatic heterocycles. The lowest BCUT2D eigenvalue weighted by Gasteiger charge is -2.17. The molecule has 7 atom stereocenters. The fourth-order valence-corrected chi connectivity index (χ4v) is 4.35. The number of esters is 4. The molecule has 1 aromatic rings. The normalized spacial score (nSPS) is 13.1. The van der Waals surface area contributed by atoms with E-state index in [0.717, 1.165) is 64.4 Å². The van der Waals surface area contributed by atoms with Crippen LogP contribution >= 0.6 is 0 Å². The molecule has 7 unspecified atom stereocenters. The molecule has 0 amide bonds. The Hall–Kier alpha value is -4.04. The number of unbranched alkanes of at least 4 members (excludes halogenated alkanes) is 7. The van der Waals surface area contributed by atoms with E-state index in [4.69, 9.17) is 34.3 Å². The third kappa shape index (κ3) is 55.3. The molecule has 0 saturated heterocycles. The maximum Gasteiger partial charge on any atom is 0.314 e. The van der Waals surface area contributed by atoms with Gasteiger partial charge in [0.05, 0.1) is 61.1 Å². The van der Waals surface area contributed by atoms with Gasteiger partial charge in [0, 0.05) is 13.0 Å². The number of carbonyl (C=O) groups excluding carboxylic acids is 4. The molecule has 1 aromatic carbocycles. The lowest BCUT2D eigenvalue weighted by molar-refractivity contribution is -0.152. The highest BCUT2D eigenvalue weighted by Crippen LogP contribution is 2.20. The molecule has 14 heteroatoms. The van der Waals surface area contributed by atoms with Crippen molar-refractivity contribution in [1.29, 1.82) is 0 Å². The number of carbonyl (C=O) groups is 6. The SMILES string of the molecule is CC(C(=O)O)C(C)C(=O)O.CCC(C)(C)C(=O)OC.CCC(C)C(=O)Oc1ccccc1.CCC(C)O.CCCCC(=O)OC(C)CC.CCCCCCOC(=O)C(C)CC.CCCCCCOC(C)CC. The lowest BCUT2D eigenvalue weighted by Crippen LogP contribution is -2.24. The number of aliphatic carboxylic acids is 2. The minimum atomic E-state index is -1.07. The first kappa shape index (κ1) is 79.4. The minimum absolute atomic E-state index is 0.0276. The Morgan fingerprint density at radius 1 is 0.556 bits per heavy atom. The summed E-state index contributed by atoms with van der Waals surface area (Å²) in [6.07, 6.45) is 18.2. The number of methoxy groups -OCH3 is 1. The van der Waals surface area contributed by atoms with E-state index in [-0.39, 0.29) is 53.3 Å². The van der Waals surface area contributed by atoms with Gasteiger partial charge in [-0.25, -0.2) is 0 Å². The molecule has 0 heterocycles. The highest BCUT2D eigenvalue weighted by molar-refractivity contribution is 5.79. The maximum atomic E-state index is 11.3. The average Bonchev–Trinajstić information content (AvgIpc) is 3.37.